The molecule has 0 saturated carbocycles. The van der Waals surface area contributed by atoms with Gasteiger partial charge in [0, 0.05) is 12.3 Å². The lowest BCUT2D eigenvalue weighted by molar-refractivity contribution is 0.0933. The molecule has 0 aliphatic carbocycles. The summed E-state index contributed by atoms with van der Waals surface area (Å²) < 4.78 is 22.8. The molecule has 116 valence electrons. The topological polar surface area (TPSA) is 109 Å². The third kappa shape index (κ3) is 3.79. The van der Waals surface area contributed by atoms with Gasteiger partial charge in [0.25, 0.3) is 11.5 Å². The number of nitrogens with zero attached hydrogens (tertiary/aromatic N) is 1. The molecule has 0 saturated heterocycles. The Bertz CT molecular complexity index is 821. The maximum Gasteiger partial charge on any atom is 0.272 e. The van der Waals surface area contributed by atoms with Crippen LogP contribution in [0, 0.1) is 0 Å². The van der Waals surface area contributed by atoms with Crippen LogP contribution in [-0.2, 0) is 9.84 Å². The van der Waals surface area contributed by atoms with Crippen molar-refractivity contribution in [1.29, 1.82) is 0 Å². The first-order valence-corrected chi connectivity index (χ1v) is 8.33. The molecule has 8 heteroatoms. The quantitative estimate of drug-likeness (QED) is 0.860. The van der Waals surface area contributed by atoms with E-state index in [4.69, 9.17) is 0 Å². The van der Waals surface area contributed by atoms with Crippen LogP contribution in [0.2, 0.25) is 0 Å². The second-order valence-electron chi connectivity index (χ2n) is 4.84. The summed E-state index contributed by atoms with van der Waals surface area (Å²) >= 11 is 0. The molecule has 0 aliphatic heterocycles. The number of rotatable bonds is 4. The number of aromatic nitrogens is 2. The van der Waals surface area contributed by atoms with Gasteiger partial charge in [-0.25, -0.2) is 13.5 Å². The first-order valence-electron chi connectivity index (χ1n) is 6.44. The first kappa shape index (κ1) is 15.9. The summed E-state index contributed by atoms with van der Waals surface area (Å²) in [5, 5.41) is 8.54. The van der Waals surface area contributed by atoms with Gasteiger partial charge in [-0.2, -0.15) is 5.10 Å². The Morgan fingerprint density at radius 1 is 1.18 bits per heavy atom. The number of carbonyl (C=O) groups is 1. The maximum atomic E-state index is 12.0. The van der Waals surface area contributed by atoms with E-state index in [1.807, 2.05) is 0 Å². The molecule has 1 atom stereocenters. The molecule has 7 nitrogen and oxygen atoms in total. The monoisotopic (exact) mass is 321 g/mol. The minimum atomic E-state index is -3.25. The summed E-state index contributed by atoms with van der Waals surface area (Å²) in [7, 11) is -3.25. The zero-order valence-electron chi connectivity index (χ0n) is 12.0. The number of carbonyl (C=O) groups excluding carboxylic acids is 1. The molecule has 0 unspecified atom stereocenters. The van der Waals surface area contributed by atoms with Crippen LogP contribution < -0.4 is 10.9 Å². The lowest BCUT2D eigenvalue weighted by Crippen LogP contribution is -2.28. The summed E-state index contributed by atoms with van der Waals surface area (Å²) in [4.78, 5) is 23.1. The molecule has 1 aromatic heterocycles. The van der Waals surface area contributed by atoms with E-state index < -0.39 is 15.7 Å². The number of hydrogen-bond donors (Lipinski definition) is 2. The molecule has 1 heterocycles. The van der Waals surface area contributed by atoms with Gasteiger partial charge in [0.05, 0.1) is 10.9 Å². The minimum absolute atomic E-state index is 0.0965. The predicted molar refractivity (Wildman–Crippen MR) is 80.3 cm³/mol. The largest absolute Gasteiger partial charge is 0.344 e. The van der Waals surface area contributed by atoms with Gasteiger partial charge < -0.3 is 5.32 Å². The minimum Gasteiger partial charge on any atom is -0.344 e. The van der Waals surface area contributed by atoms with Crippen molar-refractivity contribution in [1.82, 2.24) is 15.5 Å². The first-order chi connectivity index (χ1) is 10.3. The van der Waals surface area contributed by atoms with Crippen molar-refractivity contribution in [3.63, 3.8) is 0 Å². The molecule has 0 spiro atoms. The second-order valence-corrected chi connectivity index (χ2v) is 6.86. The summed E-state index contributed by atoms with van der Waals surface area (Å²) in [6.45, 7) is 1.76. The van der Waals surface area contributed by atoms with Crippen LogP contribution in [0.1, 0.15) is 29.0 Å². The maximum absolute atomic E-state index is 12.0. The molecule has 2 N–H and O–H groups in total. The molecule has 1 amide bonds. The smallest absolute Gasteiger partial charge is 0.272 e. The van der Waals surface area contributed by atoms with E-state index in [0.29, 0.717) is 0 Å². The van der Waals surface area contributed by atoms with Crippen molar-refractivity contribution in [2.75, 3.05) is 6.26 Å². The molecule has 2 aromatic rings. The van der Waals surface area contributed by atoms with E-state index in [2.05, 4.69) is 15.5 Å². The standard InChI is InChI=1S/C14H15N3O4S/c1-9(10-3-5-11(6-4-10)22(2,20)21)15-14(19)12-7-8-13(18)17-16-12/h3-9H,1-2H3,(H,15,19)(H,17,18)/t9-/m0/s1. The molecule has 0 bridgehead atoms. The zero-order chi connectivity index (χ0) is 16.3. The summed E-state index contributed by atoms with van der Waals surface area (Å²) in [6, 6.07) is 8.47. The second kappa shape index (κ2) is 6.10. The fourth-order valence-corrected chi connectivity index (χ4v) is 2.46. The third-order valence-electron chi connectivity index (χ3n) is 3.07. The van der Waals surface area contributed by atoms with E-state index in [1.54, 1.807) is 19.1 Å². The molecule has 0 radical (unpaired) electrons. The van der Waals surface area contributed by atoms with Crippen LogP contribution in [0.4, 0.5) is 0 Å². The van der Waals surface area contributed by atoms with Crippen LogP contribution in [0.25, 0.3) is 0 Å². The SMILES string of the molecule is C[C@H](NC(=O)c1ccc(=O)[nH]n1)c1ccc(S(C)(=O)=O)cc1. The summed E-state index contributed by atoms with van der Waals surface area (Å²) in [6.07, 6.45) is 1.13. The van der Waals surface area contributed by atoms with Crippen LogP contribution in [0.15, 0.2) is 46.1 Å². The van der Waals surface area contributed by atoms with Gasteiger partial charge in [0.1, 0.15) is 5.69 Å². The highest BCUT2D eigenvalue weighted by atomic mass is 32.2. The molecule has 1 aromatic carbocycles. The van der Waals surface area contributed by atoms with Crippen molar-refractivity contribution in [3.05, 3.63) is 58.0 Å². The predicted octanol–water partition coefficient (Wildman–Crippen LogP) is 0.664. The number of hydrogen-bond acceptors (Lipinski definition) is 5. The average molecular weight is 321 g/mol. The number of amides is 1. The van der Waals surface area contributed by atoms with Crippen molar-refractivity contribution in [2.24, 2.45) is 0 Å². The summed E-state index contributed by atoms with van der Waals surface area (Å²) in [5.41, 5.74) is 0.463. The molecule has 22 heavy (non-hydrogen) atoms. The number of H-pyrrole nitrogens is 1. The van der Waals surface area contributed by atoms with E-state index in [0.717, 1.165) is 11.8 Å². The molecule has 0 aliphatic rings. The van der Waals surface area contributed by atoms with Crippen LogP contribution in [0.5, 0.6) is 0 Å². The molecule has 0 fully saturated rings. The van der Waals surface area contributed by atoms with Gasteiger partial charge in [-0.1, -0.05) is 12.1 Å². The third-order valence-corrected chi connectivity index (χ3v) is 4.20. The van der Waals surface area contributed by atoms with Crippen LogP contribution in [-0.4, -0.2) is 30.8 Å². The summed E-state index contributed by atoms with van der Waals surface area (Å²) in [5.74, 6) is -0.434. The molecular weight excluding hydrogens is 306 g/mol. The van der Waals surface area contributed by atoms with E-state index >= 15 is 0 Å². The number of benzene rings is 1. The Morgan fingerprint density at radius 3 is 2.32 bits per heavy atom. The van der Waals surface area contributed by atoms with Gasteiger partial charge in [-0.05, 0) is 30.7 Å². The highest BCUT2D eigenvalue weighted by Gasteiger charge is 2.14. The van der Waals surface area contributed by atoms with Gasteiger partial charge in [-0.15, -0.1) is 0 Å². The van der Waals surface area contributed by atoms with E-state index in [9.17, 15) is 18.0 Å². The van der Waals surface area contributed by atoms with Gasteiger partial charge >= 0.3 is 0 Å². The van der Waals surface area contributed by atoms with E-state index in [1.165, 1.54) is 24.3 Å². The fourth-order valence-electron chi connectivity index (χ4n) is 1.83. The Morgan fingerprint density at radius 2 is 1.82 bits per heavy atom. The number of aromatic amines is 1. The van der Waals surface area contributed by atoms with Crippen molar-refractivity contribution in [2.45, 2.75) is 17.9 Å². The Kier molecular flexibility index (Phi) is 4.41. The Labute approximate surface area is 127 Å². The van der Waals surface area contributed by atoms with Crippen molar-refractivity contribution < 1.29 is 13.2 Å². The van der Waals surface area contributed by atoms with Crippen molar-refractivity contribution >= 4 is 15.7 Å². The van der Waals surface area contributed by atoms with Crippen molar-refractivity contribution in [3.8, 4) is 0 Å². The van der Waals surface area contributed by atoms with E-state index in [-0.39, 0.29) is 22.2 Å². The lowest BCUT2D eigenvalue weighted by atomic mass is 10.1. The average Bonchev–Trinajstić information content (AvgIpc) is 2.47. The number of nitrogens with one attached hydrogen (secondary N) is 2. The van der Waals surface area contributed by atoms with Gasteiger partial charge in [0.15, 0.2) is 9.84 Å². The lowest BCUT2D eigenvalue weighted by Gasteiger charge is -2.14. The Balaban J connectivity index is 2.11. The Hall–Kier alpha value is -2.48. The van der Waals surface area contributed by atoms with Gasteiger partial charge in [-0.3, -0.25) is 9.59 Å². The highest BCUT2D eigenvalue weighted by molar-refractivity contribution is 7.90. The number of sulfone groups is 1. The molecule has 2 rings (SSSR count). The van der Waals surface area contributed by atoms with Crippen LogP contribution in [0.3, 0.4) is 0 Å². The molecular formula is C14H15N3O4S. The van der Waals surface area contributed by atoms with Gasteiger partial charge in [0.2, 0.25) is 0 Å². The highest BCUT2D eigenvalue weighted by Crippen LogP contribution is 2.16. The normalized spacial score (nSPS) is 12.6. The fraction of sp³-hybridized carbons (Fsp3) is 0.214. The van der Waals surface area contributed by atoms with Crippen LogP contribution >= 0.6 is 0 Å². The zero-order valence-corrected chi connectivity index (χ0v) is 12.8.